The van der Waals surface area contributed by atoms with Crippen molar-refractivity contribution in [2.75, 3.05) is 32.8 Å². The second kappa shape index (κ2) is 7.07. The molecule has 3 atom stereocenters. The number of piperidine rings is 1. The van der Waals surface area contributed by atoms with E-state index in [1.165, 1.54) is 12.8 Å². The van der Waals surface area contributed by atoms with Crippen LogP contribution in [0.4, 0.5) is 0 Å². The maximum Gasteiger partial charge on any atom is 0.239 e. The zero-order valence-corrected chi connectivity index (χ0v) is 13.9. The minimum absolute atomic E-state index is 0.00308. The molecule has 2 aliphatic heterocycles. The minimum Gasteiger partial charge on any atom is -0.375 e. The number of carbonyl (C=O) groups excluding carboxylic acids is 1. The van der Waals surface area contributed by atoms with Crippen molar-refractivity contribution in [3.8, 4) is 0 Å². The normalized spacial score (nSPS) is 31.9. The first-order valence-electron chi connectivity index (χ1n) is 8.28. The number of hydrogen-bond donors (Lipinski definition) is 2. The Morgan fingerprint density at radius 1 is 1.43 bits per heavy atom. The predicted octanol–water partition coefficient (Wildman–Crippen LogP) is 0.990. The fourth-order valence-electron chi connectivity index (χ4n) is 3.29. The van der Waals surface area contributed by atoms with Crippen molar-refractivity contribution in [3.63, 3.8) is 0 Å². The number of rotatable bonds is 4. The van der Waals surface area contributed by atoms with Gasteiger partial charge in [-0.1, -0.05) is 6.92 Å². The molecule has 2 rings (SSSR count). The van der Waals surface area contributed by atoms with Crippen molar-refractivity contribution in [2.45, 2.75) is 58.2 Å². The van der Waals surface area contributed by atoms with Crippen LogP contribution < -0.4 is 10.6 Å². The second-order valence-corrected chi connectivity index (χ2v) is 7.23. The Hall–Kier alpha value is -0.650. The van der Waals surface area contributed by atoms with Crippen LogP contribution in [-0.2, 0) is 9.53 Å². The highest BCUT2D eigenvalue weighted by Crippen LogP contribution is 2.23. The molecule has 2 N–H and O–H groups in total. The molecule has 21 heavy (non-hydrogen) atoms. The maximum atomic E-state index is 12.3. The monoisotopic (exact) mass is 297 g/mol. The van der Waals surface area contributed by atoms with Crippen LogP contribution in [-0.4, -0.2) is 61.3 Å². The molecular weight excluding hydrogens is 266 g/mol. The van der Waals surface area contributed by atoms with Gasteiger partial charge in [0.05, 0.1) is 12.7 Å². The highest BCUT2D eigenvalue weighted by Gasteiger charge is 2.33. The van der Waals surface area contributed by atoms with E-state index < -0.39 is 0 Å². The third-order valence-electron chi connectivity index (χ3n) is 4.81. The fraction of sp³-hybridized carbons (Fsp3) is 0.938. The molecule has 0 radical (unpaired) electrons. The van der Waals surface area contributed by atoms with E-state index in [1.807, 2.05) is 6.92 Å². The first kappa shape index (κ1) is 16.7. The Balaban J connectivity index is 1.84. The molecule has 0 aromatic heterocycles. The molecule has 0 aromatic carbocycles. The summed E-state index contributed by atoms with van der Waals surface area (Å²) < 4.78 is 5.54. The average Bonchev–Trinajstić information content (AvgIpc) is 2.45. The quantitative estimate of drug-likeness (QED) is 0.812. The van der Waals surface area contributed by atoms with E-state index in [9.17, 15) is 4.79 Å². The third-order valence-corrected chi connectivity index (χ3v) is 4.81. The Morgan fingerprint density at radius 3 is 2.86 bits per heavy atom. The van der Waals surface area contributed by atoms with E-state index in [1.54, 1.807) is 0 Å². The summed E-state index contributed by atoms with van der Waals surface area (Å²) in [6.45, 7) is 13.1. The van der Waals surface area contributed by atoms with Crippen LogP contribution in [0.5, 0.6) is 0 Å². The largest absolute Gasteiger partial charge is 0.375 e. The van der Waals surface area contributed by atoms with E-state index in [2.05, 4.69) is 36.3 Å². The Morgan fingerprint density at radius 2 is 2.19 bits per heavy atom. The standard InChI is InChI=1S/C16H31N3O2/c1-12-6-5-8-19(10-12)16(3,4)11-18-15(20)14-13(2)21-9-7-17-14/h12-14,17H,5-11H2,1-4H3,(H,18,20)/t12?,13-,14+/m1/s1. The fourth-order valence-corrected chi connectivity index (χ4v) is 3.29. The van der Waals surface area contributed by atoms with Gasteiger partial charge in [-0.2, -0.15) is 0 Å². The highest BCUT2D eigenvalue weighted by molar-refractivity contribution is 5.82. The lowest BCUT2D eigenvalue weighted by Gasteiger charge is -2.43. The summed E-state index contributed by atoms with van der Waals surface area (Å²) in [5.41, 5.74) is 0.00308. The van der Waals surface area contributed by atoms with Crippen LogP contribution in [0.1, 0.15) is 40.5 Å². The molecular formula is C16H31N3O2. The van der Waals surface area contributed by atoms with E-state index in [0.717, 1.165) is 25.6 Å². The molecule has 5 heteroatoms. The second-order valence-electron chi connectivity index (χ2n) is 7.23. The molecule has 1 amide bonds. The van der Waals surface area contributed by atoms with Crippen molar-refractivity contribution >= 4 is 5.91 Å². The van der Waals surface area contributed by atoms with Gasteiger partial charge in [-0.15, -0.1) is 0 Å². The minimum atomic E-state index is -0.227. The van der Waals surface area contributed by atoms with Gasteiger partial charge < -0.3 is 15.4 Å². The van der Waals surface area contributed by atoms with Crippen molar-refractivity contribution in [2.24, 2.45) is 5.92 Å². The Kier molecular flexibility index (Phi) is 5.63. The summed E-state index contributed by atoms with van der Waals surface area (Å²) in [7, 11) is 0. The average molecular weight is 297 g/mol. The summed E-state index contributed by atoms with van der Waals surface area (Å²) in [4.78, 5) is 14.8. The SMILES string of the molecule is CC1CCCN(C(C)(C)CNC(=O)[C@H]2NCCO[C@@H]2C)C1. The van der Waals surface area contributed by atoms with Crippen molar-refractivity contribution in [1.29, 1.82) is 0 Å². The molecule has 0 aliphatic carbocycles. The molecule has 0 saturated carbocycles. The zero-order valence-electron chi connectivity index (χ0n) is 13.9. The Bertz CT molecular complexity index is 359. The molecule has 1 unspecified atom stereocenters. The van der Waals surface area contributed by atoms with E-state index >= 15 is 0 Å². The third kappa shape index (κ3) is 4.41. The first-order chi connectivity index (χ1) is 9.90. The number of nitrogens with zero attached hydrogens (tertiary/aromatic N) is 1. The molecule has 5 nitrogen and oxygen atoms in total. The predicted molar refractivity (Wildman–Crippen MR) is 84.3 cm³/mol. The lowest BCUT2D eigenvalue weighted by molar-refractivity contribution is -0.129. The molecule has 2 heterocycles. The number of hydrogen-bond acceptors (Lipinski definition) is 4. The van der Waals surface area contributed by atoms with Gasteiger partial charge in [0.2, 0.25) is 5.91 Å². The van der Waals surface area contributed by atoms with Crippen molar-refractivity contribution in [1.82, 2.24) is 15.5 Å². The zero-order chi connectivity index (χ0) is 15.5. The molecule has 2 saturated heterocycles. The molecule has 0 aromatic rings. The number of nitrogens with one attached hydrogen (secondary N) is 2. The van der Waals surface area contributed by atoms with Gasteiger partial charge in [0.15, 0.2) is 0 Å². The topological polar surface area (TPSA) is 53.6 Å². The van der Waals surface area contributed by atoms with Gasteiger partial charge in [-0.05, 0) is 46.1 Å². The molecule has 122 valence electrons. The maximum absolute atomic E-state index is 12.3. The molecule has 2 fully saturated rings. The molecule has 0 bridgehead atoms. The lowest BCUT2D eigenvalue weighted by Crippen LogP contribution is -2.59. The summed E-state index contributed by atoms with van der Waals surface area (Å²) in [5, 5.41) is 6.35. The van der Waals surface area contributed by atoms with E-state index in [-0.39, 0.29) is 23.6 Å². The van der Waals surface area contributed by atoms with Crippen LogP contribution in [0.3, 0.4) is 0 Å². The van der Waals surface area contributed by atoms with Gasteiger partial charge in [0.1, 0.15) is 6.04 Å². The van der Waals surface area contributed by atoms with Crippen LogP contribution >= 0.6 is 0 Å². The molecule has 0 spiro atoms. The number of amides is 1. The number of ether oxygens (including phenoxy) is 1. The number of carbonyl (C=O) groups is 1. The van der Waals surface area contributed by atoms with Crippen LogP contribution in [0.15, 0.2) is 0 Å². The van der Waals surface area contributed by atoms with E-state index in [4.69, 9.17) is 4.74 Å². The molecule has 2 aliphatic rings. The Labute approximate surface area is 128 Å². The lowest BCUT2D eigenvalue weighted by atomic mass is 9.93. The van der Waals surface area contributed by atoms with Crippen LogP contribution in [0.2, 0.25) is 0 Å². The van der Waals surface area contributed by atoms with Crippen LogP contribution in [0, 0.1) is 5.92 Å². The summed E-state index contributed by atoms with van der Waals surface area (Å²) in [5.74, 6) is 0.808. The van der Waals surface area contributed by atoms with Gasteiger partial charge in [0, 0.05) is 25.2 Å². The first-order valence-corrected chi connectivity index (χ1v) is 8.28. The number of morpholine rings is 1. The summed E-state index contributed by atoms with van der Waals surface area (Å²) >= 11 is 0. The van der Waals surface area contributed by atoms with E-state index in [0.29, 0.717) is 13.2 Å². The van der Waals surface area contributed by atoms with Crippen LogP contribution in [0.25, 0.3) is 0 Å². The summed E-state index contributed by atoms with van der Waals surface area (Å²) in [6.07, 6.45) is 2.52. The van der Waals surface area contributed by atoms with Gasteiger partial charge in [-0.25, -0.2) is 0 Å². The summed E-state index contributed by atoms with van der Waals surface area (Å²) in [6, 6.07) is -0.227. The van der Waals surface area contributed by atoms with Gasteiger partial charge in [0.25, 0.3) is 0 Å². The highest BCUT2D eigenvalue weighted by atomic mass is 16.5. The van der Waals surface area contributed by atoms with Crippen molar-refractivity contribution in [3.05, 3.63) is 0 Å². The smallest absolute Gasteiger partial charge is 0.239 e. The van der Waals surface area contributed by atoms with Crippen molar-refractivity contribution < 1.29 is 9.53 Å². The number of likely N-dealkylation sites (tertiary alicyclic amines) is 1. The van der Waals surface area contributed by atoms with Gasteiger partial charge >= 0.3 is 0 Å². The van der Waals surface area contributed by atoms with Gasteiger partial charge in [-0.3, -0.25) is 9.69 Å².